The Morgan fingerprint density at radius 3 is 1.51 bits per heavy atom. The molecule has 6 heteroatoms. The highest BCUT2D eigenvalue weighted by atomic mass is 16.3. The Morgan fingerprint density at radius 2 is 0.827 bits per heavy atom. The topological polar surface area (TPSA) is 40.7 Å². The normalized spacial score (nSPS) is 11.5. The molecular weight excluding hydrogens is 915 g/mol. The summed E-state index contributed by atoms with van der Waals surface area (Å²) in [5, 5.41) is 6.59. The van der Waals surface area contributed by atoms with Crippen molar-refractivity contribution in [3.8, 4) is 17.1 Å². The minimum atomic E-state index is 0.601. The van der Waals surface area contributed by atoms with Crippen molar-refractivity contribution in [2.75, 3.05) is 14.7 Å². The number of hydrogen-bond acceptors (Lipinski definition) is 5. The molecule has 354 valence electrons. The third kappa shape index (κ3) is 7.63. The average molecular weight is 962 g/mol. The first-order chi connectivity index (χ1) is 37.2. The van der Waals surface area contributed by atoms with E-state index in [0.29, 0.717) is 5.89 Å². The van der Waals surface area contributed by atoms with E-state index in [1.54, 1.807) is 0 Å². The van der Waals surface area contributed by atoms with Crippen molar-refractivity contribution in [1.29, 1.82) is 0 Å². The number of rotatable bonds is 11. The molecule has 2 aromatic heterocycles. The van der Waals surface area contributed by atoms with Gasteiger partial charge in [-0.2, -0.15) is 0 Å². The number of benzene rings is 12. The van der Waals surface area contributed by atoms with Gasteiger partial charge in [-0.05, 0) is 138 Å². The molecule has 0 radical (unpaired) electrons. The molecule has 0 saturated heterocycles. The van der Waals surface area contributed by atoms with Gasteiger partial charge in [-0.1, -0.05) is 158 Å². The van der Waals surface area contributed by atoms with Gasteiger partial charge in [0.1, 0.15) is 5.52 Å². The summed E-state index contributed by atoms with van der Waals surface area (Å²) >= 11 is 0. The largest absolute Gasteiger partial charge is 0.435 e. The number of nitrogens with zero attached hydrogens (tertiary/aromatic N) is 5. The second-order valence-electron chi connectivity index (χ2n) is 18.7. The molecule has 0 aliphatic heterocycles. The molecule has 12 aromatic carbocycles. The van der Waals surface area contributed by atoms with Gasteiger partial charge in [-0.3, -0.25) is 0 Å². The second-order valence-corrected chi connectivity index (χ2v) is 18.7. The zero-order valence-electron chi connectivity index (χ0n) is 40.8. The van der Waals surface area contributed by atoms with Crippen LogP contribution < -0.4 is 14.7 Å². The van der Waals surface area contributed by atoms with E-state index in [-0.39, 0.29) is 0 Å². The van der Waals surface area contributed by atoms with Crippen LogP contribution in [-0.2, 0) is 0 Å². The van der Waals surface area contributed by atoms with E-state index in [9.17, 15) is 0 Å². The number of oxazole rings is 1. The molecule has 75 heavy (non-hydrogen) atoms. The van der Waals surface area contributed by atoms with Gasteiger partial charge in [0.05, 0.1) is 28.1 Å². The molecule has 0 spiro atoms. The van der Waals surface area contributed by atoms with Crippen LogP contribution in [0.5, 0.6) is 0 Å². The van der Waals surface area contributed by atoms with Crippen LogP contribution in [0.25, 0.3) is 71.6 Å². The molecule has 6 nitrogen and oxygen atoms in total. The Labute approximate surface area is 434 Å². The summed E-state index contributed by atoms with van der Waals surface area (Å²) in [7, 11) is 0. The third-order valence-corrected chi connectivity index (χ3v) is 14.3. The van der Waals surface area contributed by atoms with Crippen molar-refractivity contribution in [2.45, 2.75) is 0 Å². The predicted molar refractivity (Wildman–Crippen MR) is 313 cm³/mol. The summed E-state index contributed by atoms with van der Waals surface area (Å²) in [4.78, 5) is 12.2. The monoisotopic (exact) mass is 961 g/mol. The highest BCUT2D eigenvalue weighted by molar-refractivity contribution is 6.22. The predicted octanol–water partition coefficient (Wildman–Crippen LogP) is 19.3. The van der Waals surface area contributed by atoms with Crippen LogP contribution in [0.15, 0.2) is 290 Å². The smallest absolute Gasteiger partial charge is 0.227 e. The lowest BCUT2D eigenvalue weighted by atomic mass is 9.98. The van der Waals surface area contributed by atoms with Gasteiger partial charge in [-0.15, -0.1) is 0 Å². The molecular formula is C69H47N5O. The molecule has 0 N–H and O–H groups in total. The van der Waals surface area contributed by atoms with Gasteiger partial charge in [0.2, 0.25) is 5.89 Å². The summed E-state index contributed by atoms with van der Waals surface area (Å²) in [6.07, 6.45) is 0. The Morgan fingerprint density at radius 1 is 0.320 bits per heavy atom. The third-order valence-electron chi connectivity index (χ3n) is 14.3. The quantitative estimate of drug-likeness (QED) is 0.121. The molecule has 0 fully saturated rings. The maximum atomic E-state index is 6.76. The Balaban J connectivity index is 1.01. The first-order valence-electron chi connectivity index (χ1n) is 25.4. The van der Waals surface area contributed by atoms with Gasteiger partial charge < -0.3 is 23.7 Å². The highest BCUT2D eigenvalue weighted by Gasteiger charge is 2.26. The van der Waals surface area contributed by atoms with Crippen molar-refractivity contribution >= 4 is 106 Å². The van der Waals surface area contributed by atoms with Crippen LogP contribution in [-0.4, -0.2) is 9.55 Å². The fraction of sp³-hybridized carbons (Fsp3) is 0. The first-order valence-corrected chi connectivity index (χ1v) is 25.4. The van der Waals surface area contributed by atoms with Gasteiger partial charge >= 0.3 is 0 Å². The van der Waals surface area contributed by atoms with E-state index in [2.05, 4.69) is 274 Å². The second kappa shape index (κ2) is 18.5. The van der Waals surface area contributed by atoms with Crippen LogP contribution in [0, 0.1) is 0 Å². The number of anilines is 9. The summed E-state index contributed by atoms with van der Waals surface area (Å²) < 4.78 is 9.13. The number of aromatic nitrogens is 2. The van der Waals surface area contributed by atoms with E-state index in [1.165, 1.54) is 16.3 Å². The van der Waals surface area contributed by atoms with Crippen molar-refractivity contribution in [1.82, 2.24) is 9.55 Å². The van der Waals surface area contributed by atoms with Gasteiger partial charge in [0.25, 0.3) is 0 Å². The van der Waals surface area contributed by atoms with Crippen LogP contribution in [0.4, 0.5) is 51.2 Å². The fourth-order valence-corrected chi connectivity index (χ4v) is 11.0. The van der Waals surface area contributed by atoms with E-state index in [4.69, 9.17) is 9.40 Å². The lowest BCUT2D eigenvalue weighted by Gasteiger charge is -2.34. The first kappa shape index (κ1) is 43.6. The minimum Gasteiger partial charge on any atom is -0.435 e. The lowest BCUT2D eigenvalue weighted by molar-refractivity contribution is 0.623. The van der Waals surface area contributed by atoms with Gasteiger partial charge in [-0.25, -0.2) is 4.98 Å². The fourth-order valence-electron chi connectivity index (χ4n) is 11.0. The average Bonchev–Trinajstić information content (AvgIpc) is 4.08. The molecule has 2 heterocycles. The zero-order valence-corrected chi connectivity index (χ0v) is 40.8. The van der Waals surface area contributed by atoms with Gasteiger partial charge in [0.15, 0.2) is 5.58 Å². The molecule has 14 aromatic rings. The summed E-state index contributed by atoms with van der Waals surface area (Å²) in [5.41, 5.74) is 15.2. The van der Waals surface area contributed by atoms with Crippen LogP contribution >= 0.6 is 0 Å². The molecule has 0 atom stereocenters. The highest BCUT2D eigenvalue weighted by Crippen LogP contribution is 2.50. The standard InChI is InChI=1S/C69H47N5O/c1-6-23-48(24-7-1)69-70-61-43-41-49-45-66(57-35-16-17-37-59(57)67(49)68(61)75-69)74(65-40-21-20-39-64(65)72(51-27-10-3-11-28-51)52-29-12-4-13-30-52)55-34-22-33-54(46-55)71(50-25-8-2-9-26-50)56-42-44-63-60(47-56)58-36-18-19-38-62(58)73(63)53-31-14-5-15-32-53/h1-47H. The maximum absolute atomic E-state index is 6.76. The number of para-hydroxylation sites is 7. The molecule has 0 amide bonds. The van der Waals surface area contributed by atoms with Crippen molar-refractivity contribution in [3.63, 3.8) is 0 Å². The Hall–Kier alpha value is -10.2. The Kier molecular flexibility index (Phi) is 10.7. The Bertz CT molecular complexity index is 4330. The van der Waals surface area contributed by atoms with Crippen LogP contribution in [0.1, 0.15) is 0 Å². The molecule has 0 aliphatic rings. The molecule has 14 rings (SSSR count). The van der Waals surface area contributed by atoms with Gasteiger partial charge in [0, 0.05) is 66.9 Å². The summed E-state index contributed by atoms with van der Waals surface area (Å²) in [5.74, 6) is 0.601. The zero-order chi connectivity index (χ0) is 49.7. The summed E-state index contributed by atoms with van der Waals surface area (Å²) in [6, 6.07) is 101. The lowest BCUT2D eigenvalue weighted by Crippen LogP contribution is -2.17. The van der Waals surface area contributed by atoms with E-state index in [0.717, 1.165) is 101 Å². The molecule has 0 bridgehead atoms. The van der Waals surface area contributed by atoms with E-state index >= 15 is 0 Å². The maximum Gasteiger partial charge on any atom is 0.227 e. The van der Waals surface area contributed by atoms with Crippen molar-refractivity contribution < 1.29 is 4.42 Å². The SMILES string of the molecule is c1ccc(-c2nc3ccc4cc(N(c5cccc(N(c6ccccc6)c6ccc7c(c6)c6ccccc6n7-c6ccccc6)c5)c5ccccc5N(c5ccccc5)c5ccccc5)c5ccccc5c4c3o2)cc1. The number of hydrogen-bond donors (Lipinski definition) is 0. The van der Waals surface area contributed by atoms with Crippen LogP contribution in [0.3, 0.4) is 0 Å². The molecule has 0 aliphatic carbocycles. The van der Waals surface area contributed by atoms with Crippen molar-refractivity contribution in [2.24, 2.45) is 0 Å². The van der Waals surface area contributed by atoms with Crippen LogP contribution in [0.2, 0.25) is 0 Å². The molecule has 0 unspecified atom stereocenters. The van der Waals surface area contributed by atoms with Crippen molar-refractivity contribution in [3.05, 3.63) is 285 Å². The van der Waals surface area contributed by atoms with E-state index < -0.39 is 0 Å². The molecule has 0 saturated carbocycles. The summed E-state index contributed by atoms with van der Waals surface area (Å²) in [6.45, 7) is 0. The number of fused-ring (bicyclic) bond motifs is 8. The van der Waals surface area contributed by atoms with E-state index in [1.807, 2.05) is 30.3 Å². The minimum absolute atomic E-state index is 0.601.